The summed E-state index contributed by atoms with van der Waals surface area (Å²) in [7, 11) is 0. The molecule has 8 heteroatoms. The van der Waals surface area contributed by atoms with Crippen molar-refractivity contribution in [3.8, 4) is 0 Å². The Hall–Kier alpha value is -2.54. The number of nitrogens with one attached hydrogen (secondary N) is 1. The maximum atomic E-state index is 13.4. The topological polar surface area (TPSA) is 46.9 Å². The van der Waals surface area contributed by atoms with Gasteiger partial charge in [0.1, 0.15) is 6.04 Å². The number of carbonyl (C=O) groups excluding carboxylic acids is 1. The van der Waals surface area contributed by atoms with Gasteiger partial charge in [-0.1, -0.05) is 41.9 Å². The normalized spacial score (nSPS) is 13.0. The van der Waals surface area contributed by atoms with Gasteiger partial charge in [0.05, 0.1) is 11.0 Å². The van der Waals surface area contributed by atoms with Crippen LogP contribution in [0.15, 0.2) is 48.5 Å². The van der Waals surface area contributed by atoms with E-state index in [4.69, 9.17) is 11.6 Å². The lowest BCUT2D eigenvalue weighted by Crippen LogP contribution is -2.32. The molecular formula is C18H15ClF3N3O. The van der Waals surface area contributed by atoms with Crippen molar-refractivity contribution in [2.24, 2.45) is 0 Å². The summed E-state index contributed by atoms with van der Waals surface area (Å²) >= 11 is 6.03. The fourth-order valence-corrected chi connectivity index (χ4v) is 2.93. The van der Waals surface area contributed by atoms with E-state index in [0.29, 0.717) is 10.6 Å². The molecule has 1 unspecified atom stereocenters. The third kappa shape index (κ3) is 3.53. The summed E-state index contributed by atoms with van der Waals surface area (Å²) in [6, 6.07) is 12.0. The van der Waals surface area contributed by atoms with Crippen molar-refractivity contribution in [3.63, 3.8) is 0 Å². The Morgan fingerprint density at radius 1 is 1.19 bits per heavy atom. The minimum absolute atomic E-state index is 0.122. The van der Waals surface area contributed by atoms with E-state index in [1.165, 1.54) is 19.1 Å². The lowest BCUT2D eigenvalue weighted by molar-refractivity contribution is -0.148. The Bertz CT molecular complexity index is 952. The molecule has 1 amide bonds. The van der Waals surface area contributed by atoms with Crippen LogP contribution in [0.2, 0.25) is 5.02 Å². The van der Waals surface area contributed by atoms with Crippen molar-refractivity contribution in [3.05, 3.63) is 64.9 Å². The molecule has 2 aromatic carbocycles. The molecule has 0 aliphatic rings. The van der Waals surface area contributed by atoms with Crippen LogP contribution < -0.4 is 5.32 Å². The number of amides is 1. The zero-order valence-electron chi connectivity index (χ0n) is 13.7. The molecule has 3 aromatic rings. The third-order valence-electron chi connectivity index (χ3n) is 4.03. The van der Waals surface area contributed by atoms with E-state index < -0.39 is 23.9 Å². The zero-order chi connectivity index (χ0) is 18.9. The van der Waals surface area contributed by atoms with Gasteiger partial charge in [0.2, 0.25) is 11.7 Å². The highest BCUT2D eigenvalue weighted by Gasteiger charge is 2.39. The number of alkyl halides is 3. The maximum Gasteiger partial charge on any atom is 0.449 e. The highest BCUT2D eigenvalue weighted by Crippen LogP contribution is 2.33. The number of halogens is 4. The molecule has 1 heterocycles. The first-order valence-electron chi connectivity index (χ1n) is 7.84. The number of benzene rings is 2. The number of nitrogens with zero attached hydrogens (tertiary/aromatic N) is 2. The quantitative estimate of drug-likeness (QED) is 0.718. The van der Waals surface area contributed by atoms with Gasteiger partial charge in [-0.15, -0.1) is 0 Å². The lowest BCUT2D eigenvalue weighted by atomic mass is 10.2. The summed E-state index contributed by atoms with van der Waals surface area (Å²) in [5.74, 6) is -1.65. The smallest absolute Gasteiger partial charge is 0.350 e. The lowest BCUT2D eigenvalue weighted by Gasteiger charge is -2.18. The fraction of sp³-hybridized carbons (Fsp3) is 0.222. The Morgan fingerprint density at radius 3 is 2.54 bits per heavy atom. The number of fused-ring (bicyclic) bond motifs is 1. The van der Waals surface area contributed by atoms with E-state index in [9.17, 15) is 18.0 Å². The molecule has 0 aliphatic carbocycles. The van der Waals surface area contributed by atoms with Gasteiger partial charge in [0.15, 0.2) is 0 Å². The number of para-hydroxylation sites is 2. The maximum absolute atomic E-state index is 13.4. The summed E-state index contributed by atoms with van der Waals surface area (Å²) in [5, 5.41) is 3.11. The molecule has 4 nitrogen and oxygen atoms in total. The predicted molar refractivity (Wildman–Crippen MR) is 92.7 cm³/mol. The molecule has 1 atom stereocenters. The highest BCUT2D eigenvalue weighted by atomic mass is 35.5. The number of hydrogen-bond acceptors (Lipinski definition) is 2. The number of aromatic nitrogens is 2. The van der Waals surface area contributed by atoms with Crippen molar-refractivity contribution in [1.82, 2.24) is 14.9 Å². The largest absolute Gasteiger partial charge is 0.449 e. The first-order chi connectivity index (χ1) is 12.3. The molecular weight excluding hydrogens is 367 g/mol. The van der Waals surface area contributed by atoms with Crippen LogP contribution >= 0.6 is 11.6 Å². The summed E-state index contributed by atoms with van der Waals surface area (Å²) < 4.78 is 41.1. The number of imidazole rings is 1. The second-order valence-electron chi connectivity index (χ2n) is 5.78. The van der Waals surface area contributed by atoms with Crippen LogP contribution in [0.1, 0.15) is 24.4 Å². The molecule has 0 radical (unpaired) electrons. The molecule has 136 valence electrons. The Labute approximate surface area is 152 Å². The third-order valence-corrected chi connectivity index (χ3v) is 4.40. The molecule has 26 heavy (non-hydrogen) atoms. The Kier molecular flexibility index (Phi) is 4.91. The average Bonchev–Trinajstić information content (AvgIpc) is 3.00. The van der Waals surface area contributed by atoms with Gasteiger partial charge < -0.3 is 9.88 Å². The summed E-state index contributed by atoms with van der Waals surface area (Å²) in [6.45, 7) is 1.53. The van der Waals surface area contributed by atoms with Crippen LogP contribution in [-0.2, 0) is 17.5 Å². The Balaban J connectivity index is 1.90. The van der Waals surface area contributed by atoms with Gasteiger partial charge in [0, 0.05) is 11.6 Å². The minimum atomic E-state index is -4.67. The zero-order valence-corrected chi connectivity index (χ0v) is 14.5. The van der Waals surface area contributed by atoms with Crippen LogP contribution in [0, 0.1) is 0 Å². The van der Waals surface area contributed by atoms with Crippen LogP contribution in [-0.4, -0.2) is 15.5 Å². The molecule has 0 fully saturated rings. The second-order valence-corrected chi connectivity index (χ2v) is 6.18. The molecule has 0 bridgehead atoms. The van der Waals surface area contributed by atoms with E-state index in [1.54, 1.807) is 36.4 Å². The molecule has 1 aromatic heterocycles. The first kappa shape index (κ1) is 18.3. The molecule has 0 saturated carbocycles. The fourth-order valence-electron chi connectivity index (χ4n) is 2.73. The van der Waals surface area contributed by atoms with Crippen molar-refractivity contribution < 1.29 is 18.0 Å². The van der Waals surface area contributed by atoms with E-state index in [-0.39, 0.29) is 17.6 Å². The molecule has 3 rings (SSSR count). The molecule has 1 N–H and O–H groups in total. The number of rotatable bonds is 4. The standard InChI is InChI=1S/C18H15ClF3N3O/c1-11(16(26)23-10-12-6-2-3-7-13(12)19)25-15-9-5-4-8-14(15)24-17(25)18(20,21)22/h2-9,11H,10H2,1H3,(H,23,26). The number of carbonyl (C=O) groups is 1. The number of hydrogen-bond donors (Lipinski definition) is 1. The van der Waals surface area contributed by atoms with Gasteiger partial charge in [-0.25, -0.2) is 4.98 Å². The van der Waals surface area contributed by atoms with Gasteiger partial charge >= 0.3 is 6.18 Å². The van der Waals surface area contributed by atoms with E-state index in [1.807, 2.05) is 0 Å². The SMILES string of the molecule is CC(C(=O)NCc1ccccc1Cl)n1c(C(F)(F)F)nc2ccccc21. The van der Waals surface area contributed by atoms with Crippen molar-refractivity contribution in [2.75, 3.05) is 0 Å². The predicted octanol–water partition coefficient (Wildman–Crippen LogP) is 4.59. The van der Waals surface area contributed by atoms with Crippen LogP contribution in [0.25, 0.3) is 11.0 Å². The first-order valence-corrected chi connectivity index (χ1v) is 8.22. The van der Waals surface area contributed by atoms with Crippen molar-refractivity contribution in [1.29, 1.82) is 0 Å². The average molecular weight is 382 g/mol. The second kappa shape index (κ2) is 6.99. The van der Waals surface area contributed by atoms with E-state index in [0.717, 1.165) is 4.57 Å². The van der Waals surface area contributed by atoms with E-state index in [2.05, 4.69) is 10.3 Å². The van der Waals surface area contributed by atoms with E-state index >= 15 is 0 Å². The van der Waals surface area contributed by atoms with Gasteiger partial charge in [-0.05, 0) is 30.7 Å². The summed E-state index contributed by atoms with van der Waals surface area (Å²) in [5.41, 5.74) is 1.12. The van der Waals surface area contributed by atoms with Crippen molar-refractivity contribution >= 4 is 28.5 Å². The van der Waals surface area contributed by atoms with Crippen LogP contribution in [0.5, 0.6) is 0 Å². The molecule has 0 spiro atoms. The van der Waals surface area contributed by atoms with Gasteiger partial charge in [-0.3, -0.25) is 4.79 Å². The minimum Gasteiger partial charge on any atom is -0.350 e. The molecule has 0 saturated heterocycles. The summed E-state index contributed by atoms with van der Waals surface area (Å²) in [4.78, 5) is 16.1. The molecule has 0 aliphatic heterocycles. The summed E-state index contributed by atoms with van der Waals surface area (Å²) in [6.07, 6.45) is -4.67. The van der Waals surface area contributed by atoms with Crippen LogP contribution in [0.4, 0.5) is 13.2 Å². The van der Waals surface area contributed by atoms with Crippen molar-refractivity contribution in [2.45, 2.75) is 25.7 Å². The van der Waals surface area contributed by atoms with Crippen LogP contribution in [0.3, 0.4) is 0 Å². The monoisotopic (exact) mass is 381 g/mol. The Morgan fingerprint density at radius 2 is 1.85 bits per heavy atom. The van der Waals surface area contributed by atoms with Gasteiger partial charge in [-0.2, -0.15) is 13.2 Å². The van der Waals surface area contributed by atoms with Gasteiger partial charge in [0.25, 0.3) is 0 Å². The highest BCUT2D eigenvalue weighted by molar-refractivity contribution is 6.31.